The summed E-state index contributed by atoms with van der Waals surface area (Å²) >= 11 is 0. The maximum absolute atomic E-state index is 5.63. The Bertz CT molecular complexity index is 297. The van der Waals surface area contributed by atoms with Crippen molar-refractivity contribution in [2.45, 2.75) is 57.9 Å². The van der Waals surface area contributed by atoms with Gasteiger partial charge in [-0.15, -0.1) is 0 Å². The van der Waals surface area contributed by atoms with Crippen LogP contribution in [0.25, 0.3) is 0 Å². The van der Waals surface area contributed by atoms with Crippen LogP contribution in [0.4, 0.5) is 0 Å². The molecule has 3 fully saturated rings. The summed E-state index contributed by atoms with van der Waals surface area (Å²) in [6, 6.07) is 0.832. The third-order valence-corrected chi connectivity index (χ3v) is 5.56. The summed E-state index contributed by atoms with van der Waals surface area (Å²) in [6.07, 6.45) is 9.50. The second kappa shape index (κ2) is 6.76. The Kier molecular flexibility index (Phi) is 5.00. The zero-order valence-electron chi connectivity index (χ0n) is 13.2. The third kappa shape index (κ3) is 4.19. The van der Waals surface area contributed by atoms with E-state index in [0.717, 1.165) is 25.2 Å². The van der Waals surface area contributed by atoms with E-state index < -0.39 is 0 Å². The fourth-order valence-corrected chi connectivity index (χ4v) is 3.80. The molecule has 3 rings (SSSR count). The topological polar surface area (TPSA) is 24.5 Å². The molecule has 20 heavy (non-hydrogen) atoms. The van der Waals surface area contributed by atoms with E-state index in [1.54, 1.807) is 0 Å². The van der Waals surface area contributed by atoms with Crippen molar-refractivity contribution < 1.29 is 4.74 Å². The number of ether oxygens (including phenoxy) is 1. The Balaban J connectivity index is 1.56. The van der Waals surface area contributed by atoms with Crippen LogP contribution in [-0.4, -0.2) is 50.3 Å². The smallest absolute Gasteiger partial charge is 0.0472 e. The SMILES string of the molecule is CC1CCCN(CC2(CNC3CC3)CCOCC2)CC1. The van der Waals surface area contributed by atoms with Gasteiger partial charge in [0.1, 0.15) is 0 Å². The molecule has 1 unspecified atom stereocenters. The van der Waals surface area contributed by atoms with E-state index in [2.05, 4.69) is 17.1 Å². The number of rotatable bonds is 5. The van der Waals surface area contributed by atoms with Gasteiger partial charge < -0.3 is 15.0 Å². The molecule has 1 atom stereocenters. The van der Waals surface area contributed by atoms with Gasteiger partial charge in [-0.2, -0.15) is 0 Å². The average molecular weight is 280 g/mol. The number of likely N-dealkylation sites (tertiary alicyclic amines) is 1. The molecule has 0 aromatic heterocycles. The van der Waals surface area contributed by atoms with Crippen molar-refractivity contribution in [1.29, 1.82) is 0 Å². The van der Waals surface area contributed by atoms with Crippen molar-refractivity contribution in [1.82, 2.24) is 10.2 Å². The monoisotopic (exact) mass is 280 g/mol. The van der Waals surface area contributed by atoms with Gasteiger partial charge in [0, 0.05) is 32.3 Å². The first-order chi connectivity index (χ1) is 9.76. The lowest BCUT2D eigenvalue weighted by Gasteiger charge is -2.41. The first-order valence-corrected chi connectivity index (χ1v) is 8.79. The van der Waals surface area contributed by atoms with Gasteiger partial charge in [0.25, 0.3) is 0 Å². The van der Waals surface area contributed by atoms with E-state index in [4.69, 9.17) is 4.74 Å². The minimum Gasteiger partial charge on any atom is -0.381 e. The van der Waals surface area contributed by atoms with Crippen LogP contribution in [0.15, 0.2) is 0 Å². The molecule has 0 radical (unpaired) electrons. The van der Waals surface area contributed by atoms with E-state index in [0.29, 0.717) is 5.41 Å². The fraction of sp³-hybridized carbons (Fsp3) is 1.00. The number of hydrogen-bond acceptors (Lipinski definition) is 3. The van der Waals surface area contributed by atoms with Crippen LogP contribution >= 0.6 is 0 Å². The molecule has 0 amide bonds. The van der Waals surface area contributed by atoms with Crippen LogP contribution in [-0.2, 0) is 4.74 Å². The lowest BCUT2D eigenvalue weighted by Crippen LogP contribution is -2.48. The molecular weight excluding hydrogens is 248 g/mol. The predicted molar refractivity (Wildman–Crippen MR) is 83.0 cm³/mol. The highest BCUT2D eigenvalue weighted by Gasteiger charge is 2.36. The standard InChI is InChI=1S/C17H32N2O/c1-15-3-2-9-19(10-6-15)14-17(7-11-20-12-8-17)13-18-16-4-5-16/h15-16,18H,2-14H2,1H3. The zero-order valence-corrected chi connectivity index (χ0v) is 13.2. The molecule has 0 bridgehead atoms. The predicted octanol–water partition coefficient (Wildman–Crippen LogP) is 2.66. The fourth-order valence-electron chi connectivity index (χ4n) is 3.80. The van der Waals surface area contributed by atoms with Crippen LogP contribution in [0, 0.1) is 11.3 Å². The number of nitrogens with zero attached hydrogens (tertiary/aromatic N) is 1. The second-order valence-corrected chi connectivity index (χ2v) is 7.58. The molecule has 0 spiro atoms. The van der Waals surface area contributed by atoms with E-state index in [1.165, 1.54) is 71.1 Å². The van der Waals surface area contributed by atoms with Crippen LogP contribution in [0.5, 0.6) is 0 Å². The zero-order chi connectivity index (χ0) is 13.8. The van der Waals surface area contributed by atoms with Crippen molar-refractivity contribution in [3.05, 3.63) is 0 Å². The van der Waals surface area contributed by atoms with Crippen LogP contribution in [0.2, 0.25) is 0 Å². The van der Waals surface area contributed by atoms with Gasteiger partial charge in [0.15, 0.2) is 0 Å². The Morgan fingerprint density at radius 2 is 1.90 bits per heavy atom. The number of nitrogens with one attached hydrogen (secondary N) is 1. The summed E-state index contributed by atoms with van der Waals surface area (Å²) in [7, 11) is 0. The normalized spacial score (nSPS) is 31.9. The molecule has 1 saturated carbocycles. The van der Waals surface area contributed by atoms with E-state index in [-0.39, 0.29) is 0 Å². The molecule has 3 heteroatoms. The molecule has 2 heterocycles. The van der Waals surface area contributed by atoms with Crippen molar-refractivity contribution >= 4 is 0 Å². The summed E-state index contributed by atoms with van der Waals surface area (Å²) in [6.45, 7) is 9.50. The largest absolute Gasteiger partial charge is 0.381 e. The molecular formula is C17H32N2O. The van der Waals surface area contributed by atoms with Gasteiger partial charge in [-0.25, -0.2) is 0 Å². The highest BCUT2D eigenvalue weighted by Crippen LogP contribution is 2.33. The molecule has 2 saturated heterocycles. The summed E-state index contributed by atoms with van der Waals surface area (Å²) in [5.41, 5.74) is 0.481. The lowest BCUT2D eigenvalue weighted by molar-refractivity contribution is -0.00421. The van der Waals surface area contributed by atoms with Crippen molar-refractivity contribution in [3.63, 3.8) is 0 Å². The van der Waals surface area contributed by atoms with E-state index in [9.17, 15) is 0 Å². The molecule has 1 N–H and O–H groups in total. The number of hydrogen-bond donors (Lipinski definition) is 1. The summed E-state index contributed by atoms with van der Waals surface area (Å²) in [4.78, 5) is 2.75. The Hall–Kier alpha value is -0.120. The maximum atomic E-state index is 5.63. The highest BCUT2D eigenvalue weighted by atomic mass is 16.5. The van der Waals surface area contributed by atoms with Crippen molar-refractivity contribution in [2.24, 2.45) is 11.3 Å². The summed E-state index contributed by atoms with van der Waals surface area (Å²) < 4.78 is 5.63. The van der Waals surface area contributed by atoms with Crippen LogP contribution in [0.1, 0.15) is 51.9 Å². The quantitative estimate of drug-likeness (QED) is 0.838. The minimum absolute atomic E-state index is 0.481. The minimum atomic E-state index is 0.481. The molecule has 116 valence electrons. The van der Waals surface area contributed by atoms with E-state index in [1.807, 2.05) is 0 Å². The molecule has 2 aliphatic heterocycles. The van der Waals surface area contributed by atoms with Gasteiger partial charge >= 0.3 is 0 Å². The van der Waals surface area contributed by atoms with Gasteiger partial charge in [0.2, 0.25) is 0 Å². The first kappa shape index (κ1) is 14.8. The first-order valence-electron chi connectivity index (χ1n) is 8.79. The summed E-state index contributed by atoms with van der Waals surface area (Å²) in [5, 5.41) is 3.80. The molecule has 0 aromatic rings. The van der Waals surface area contributed by atoms with Crippen molar-refractivity contribution in [3.8, 4) is 0 Å². The Morgan fingerprint density at radius 3 is 2.65 bits per heavy atom. The highest BCUT2D eigenvalue weighted by molar-refractivity contribution is 4.91. The van der Waals surface area contributed by atoms with Gasteiger partial charge in [-0.05, 0) is 69.4 Å². The Morgan fingerprint density at radius 1 is 1.10 bits per heavy atom. The van der Waals surface area contributed by atoms with Gasteiger partial charge in [0.05, 0.1) is 0 Å². The van der Waals surface area contributed by atoms with Crippen LogP contribution in [0.3, 0.4) is 0 Å². The van der Waals surface area contributed by atoms with Gasteiger partial charge in [-0.1, -0.05) is 6.92 Å². The third-order valence-electron chi connectivity index (χ3n) is 5.56. The van der Waals surface area contributed by atoms with E-state index >= 15 is 0 Å². The van der Waals surface area contributed by atoms with Crippen LogP contribution < -0.4 is 5.32 Å². The average Bonchev–Trinajstić information content (AvgIpc) is 3.28. The molecule has 1 aliphatic carbocycles. The van der Waals surface area contributed by atoms with Crippen molar-refractivity contribution in [2.75, 3.05) is 39.4 Å². The second-order valence-electron chi connectivity index (χ2n) is 7.58. The molecule has 3 aliphatic rings. The van der Waals surface area contributed by atoms with Gasteiger partial charge in [-0.3, -0.25) is 0 Å². The lowest BCUT2D eigenvalue weighted by atomic mass is 9.79. The Labute approximate surface area is 124 Å². The summed E-state index contributed by atoms with van der Waals surface area (Å²) in [5.74, 6) is 0.926. The maximum Gasteiger partial charge on any atom is 0.0472 e. The molecule has 3 nitrogen and oxygen atoms in total. The molecule has 0 aromatic carbocycles.